The summed E-state index contributed by atoms with van der Waals surface area (Å²) in [6.07, 6.45) is 0.783. The molecule has 0 fully saturated rings. The number of carbonyl (C=O) groups excluding carboxylic acids is 1. The van der Waals surface area contributed by atoms with Gasteiger partial charge in [-0.3, -0.25) is 9.79 Å². The smallest absolute Gasteiger partial charge is 0.305 e. The third-order valence-corrected chi connectivity index (χ3v) is 3.10. The maximum Gasteiger partial charge on any atom is 0.305 e. The van der Waals surface area contributed by atoms with Gasteiger partial charge in [-0.1, -0.05) is 12.1 Å². The molecule has 0 saturated carbocycles. The molecule has 1 aromatic rings. The second kappa shape index (κ2) is 13.7. The quantitative estimate of drug-likeness (QED) is 0.192. The average Bonchev–Trinajstić information content (AvgIpc) is 2.56. The second-order valence-corrected chi connectivity index (χ2v) is 5.15. The van der Waals surface area contributed by atoms with E-state index in [0.717, 1.165) is 0 Å². The van der Waals surface area contributed by atoms with Crippen molar-refractivity contribution >= 4 is 35.9 Å². The zero-order valence-corrected chi connectivity index (χ0v) is 17.2. The van der Waals surface area contributed by atoms with Crippen molar-refractivity contribution in [2.24, 2.45) is 4.99 Å². The Labute approximate surface area is 165 Å². The fourth-order valence-electron chi connectivity index (χ4n) is 1.93. The molecule has 8 heteroatoms. The Balaban J connectivity index is 0.00000576. The van der Waals surface area contributed by atoms with Crippen LogP contribution in [0.5, 0.6) is 5.75 Å². The molecule has 1 atom stereocenters. The van der Waals surface area contributed by atoms with Gasteiger partial charge in [0.2, 0.25) is 0 Å². The minimum Gasteiger partial charge on any atom is -0.486 e. The molecule has 1 rings (SSSR count). The minimum absolute atomic E-state index is 0. The number of rotatable bonds is 9. The van der Waals surface area contributed by atoms with E-state index in [-0.39, 0.29) is 47.6 Å². The van der Waals surface area contributed by atoms with Gasteiger partial charge in [0, 0.05) is 20.0 Å². The van der Waals surface area contributed by atoms with Crippen molar-refractivity contribution in [3.05, 3.63) is 30.1 Å². The number of hydrogen-bond acceptors (Lipinski definition) is 4. The summed E-state index contributed by atoms with van der Waals surface area (Å²) >= 11 is 0. The van der Waals surface area contributed by atoms with Crippen LogP contribution < -0.4 is 15.4 Å². The monoisotopic (exact) mass is 467 g/mol. The average molecular weight is 467 g/mol. The summed E-state index contributed by atoms with van der Waals surface area (Å²) in [7, 11) is 1.66. The number of halogens is 2. The molecule has 0 aliphatic rings. The highest BCUT2D eigenvalue weighted by Gasteiger charge is 2.09. The van der Waals surface area contributed by atoms with Gasteiger partial charge in [-0.05, 0) is 32.4 Å². The van der Waals surface area contributed by atoms with Gasteiger partial charge in [-0.25, -0.2) is 4.39 Å². The summed E-state index contributed by atoms with van der Waals surface area (Å²) in [6, 6.07) is 6.30. The van der Waals surface area contributed by atoms with Crippen molar-refractivity contribution in [3.8, 4) is 5.75 Å². The van der Waals surface area contributed by atoms with Crippen LogP contribution in [0.15, 0.2) is 29.3 Å². The Morgan fingerprint density at radius 1 is 1.32 bits per heavy atom. The van der Waals surface area contributed by atoms with E-state index in [0.29, 0.717) is 38.5 Å². The molecule has 25 heavy (non-hydrogen) atoms. The second-order valence-electron chi connectivity index (χ2n) is 5.15. The number of esters is 1. The predicted molar refractivity (Wildman–Crippen MR) is 107 cm³/mol. The van der Waals surface area contributed by atoms with Crippen LogP contribution in [0.25, 0.3) is 0 Å². The van der Waals surface area contributed by atoms with Gasteiger partial charge >= 0.3 is 5.97 Å². The first-order valence-corrected chi connectivity index (χ1v) is 8.08. The van der Waals surface area contributed by atoms with Crippen LogP contribution in [0, 0.1) is 5.82 Å². The molecule has 1 unspecified atom stereocenters. The highest BCUT2D eigenvalue weighted by atomic mass is 127. The van der Waals surface area contributed by atoms with Crippen molar-refractivity contribution in [3.63, 3.8) is 0 Å². The molecule has 0 aliphatic heterocycles. The third kappa shape index (κ3) is 10.1. The summed E-state index contributed by atoms with van der Waals surface area (Å²) in [5.74, 6) is 0.243. The fourth-order valence-corrected chi connectivity index (χ4v) is 1.93. The predicted octanol–water partition coefficient (Wildman–Crippen LogP) is 2.72. The molecule has 142 valence electrons. The van der Waals surface area contributed by atoms with Crippen LogP contribution in [0.3, 0.4) is 0 Å². The van der Waals surface area contributed by atoms with E-state index in [4.69, 9.17) is 9.47 Å². The van der Waals surface area contributed by atoms with Gasteiger partial charge in [0.25, 0.3) is 0 Å². The Morgan fingerprint density at radius 3 is 2.68 bits per heavy atom. The van der Waals surface area contributed by atoms with Gasteiger partial charge in [0.1, 0.15) is 6.10 Å². The lowest BCUT2D eigenvalue weighted by atomic mass is 10.3. The number of guanidine groups is 1. The van der Waals surface area contributed by atoms with Crippen molar-refractivity contribution in [2.45, 2.75) is 32.8 Å². The molecule has 0 amide bonds. The highest BCUT2D eigenvalue weighted by Crippen LogP contribution is 2.16. The largest absolute Gasteiger partial charge is 0.486 e. The fraction of sp³-hybridized carbons (Fsp3) is 0.529. The van der Waals surface area contributed by atoms with Gasteiger partial charge in [0.05, 0.1) is 13.2 Å². The standard InChI is InChI=1S/C17H26FN3O3.HI/c1-4-23-16(22)10-7-11-20-17(19-3)21-12-13(2)24-15-9-6-5-8-14(15)18;/h5-6,8-9,13H,4,7,10-12H2,1-3H3,(H2,19,20,21);1H. The van der Waals surface area contributed by atoms with Crippen molar-refractivity contribution < 1.29 is 18.7 Å². The van der Waals surface area contributed by atoms with E-state index in [1.807, 2.05) is 6.92 Å². The summed E-state index contributed by atoms with van der Waals surface area (Å²) in [5.41, 5.74) is 0. The van der Waals surface area contributed by atoms with Crippen molar-refractivity contribution in [1.82, 2.24) is 10.6 Å². The van der Waals surface area contributed by atoms with E-state index in [2.05, 4.69) is 15.6 Å². The summed E-state index contributed by atoms with van der Waals surface area (Å²) < 4.78 is 23.9. The Hall–Kier alpha value is -1.58. The van der Waals surface area contributed by atoms with Crippen molar-refractivity contribution in [2.75, 3.05) is 26.7 Å². The van der Waals surface area contributed by atoms with Crippen LogP contribution in [0.1, 0.15) is 26.7 Å². The number of para-hydroxylation sites is 1. The van der Waals surface area contributed by atoms with E-state index in [9.17, 15) is 9.18 Å². The molecule has 0 saturated heterocycles. The lowest BCUT2D eigenvalue weighted by Gasteiger charge is -2.18. The number of ether oxygens (including phenoxy) is 2. The highest BCUT2D eigenvalue weighted by molar-refractivity contribution is 14.0. The van der Waals surface area contributed by atoms with Gasteiger partial charge in [-0.15, -0.1) is 24.0 Å². The molecule has 1 aromatic carbocycles. The van der Waals surface area contributed by atoms with Gasteiger partial charge < -0.3 is 20.1 Å². The Bertz CT molecular complexity index is 544. The van der Waals surface area contributed by atoms with Gasteiger partial charge in [0.15, 0.2) is 17.5 Å². The van der Waals surface area contributed by atoms with Crippen LogP contribution in [-0.4, -0.2) is 44.8 Å². The first-order valence-electron chi connectivity index (χ1n) is 8.08. The number of nitrogens with one attached hydrogen (secondary N) is 2. The Kier molecular flexibility index (Phi) is 12.8. The van der Waals surface area contributed by atoms with E-state index >= 15 is 0 Å². The lowest BCUT2D eigenvalue weighted by Crippen LogP contribution is -2.42. The summed E-state index contributed by atoms with van der Waals surface area (Å²) in [4.78, 5) is 15.3. The molecule has 2 N–H and O–H groups in total. The number of benzene rings is 1. The molecule has 0 radical (unpaired) electrons. The third-order valence-electron chi connectivity index (χ3n) is 3.10. The summed E-state index contributed by atoms with van der Waals surface area (Å²) in [5, 5.41) is 6.20. The minimum atomic E-state index is -0.383. The number of carbonyl (C=O) groups is 1. The van der Waals surface area contributed by atoms with Crippen molar-refractivity contribution in [1.29, 1.82) is 0 Å². The Morgan fingerprint density at radius 2 is 2.04 bits per heavy atom. The maximum atomic E-state index is 13.5. The number of nitrogens with zero attached hydrogens (tertiary/aromatic N) is 1. The molecule has 6 nitrogen and oxygen atoms in total. The molecule has 0 aliphatic carbocycles. The van der Waals surface area contributed by atoms with Crippen LogP contribution in [0.2, 0.25) is 0 Å². The lowest BCUT2D eigenvalue weighted by molar-refractivity contribution is -0.143. The molecule has 0 heterocycles. The van der Waals surface area contributed by atoms with E-state index < -0.39 is 0 Å². The first-order chi connectivity index (χ1) is 11.6. The van der Waals surface area contributed by atoms with E-state index in [1.54, 1.807) is 32.2 Å². The topological polar surface area (TPSA) is 72.0 Å². The van der Waals surface area contributed by atoms with Crippen LogP contribution >= 0.6 is 24.0 Å². The maximum absolute atomic E-state index is 13.5. The zero-order valence-electron chi connectivity index (χ0n) is 14.9. The first kappa shape index (κ1) is 23.4. The normalized spacial score (nSPS) is 11.9. The van der Waals surface area contributed by atoms with Gasteiger partial charge in [-0.2, -0.15) is 0 Å². The molecular weight excluding hydrogens is 440 g/mol. The zero-order chi connectivity index (χ0) is 17.8. The molecular formula is C17H27FIN3O3. The SMILES string of the molecule is CCOC(=O)CCCNC(=NC)NCC(C)Oc1ccccc1F.I. The number of hydrogen-bond donors (Lipinski definition) is 2. The molecule has 0 spiro atoms. The van der Waals surface area contributed by atoms with E-state index in [1.165, 1.54) is 6.07 Å². The molecule has 0 aromatic heterocycles. The molecule has 0 bridgehead atoms. The summed E-state index contributed by atoms with van der Waals surface area (Å²) in [6.45, 7) is 5.09. The van der Waals surface area contributed by atoms with Crippen LogP contribution in [0.4, 0.5) is 4.39 Å². The van der Waals surface area contributed by atoms with Crippen LogP contribution in [-0.2, 0) is 9.53 Å². The number of aliphatic imine (C=N–C) groups is 1.